The van der Waals surface area contributed by atoms with Crippen LogP contribution in [0, 0.1) is 10.8 Å². The molecule has 0 aromatic carbocycles. The van der Waals surface area contributed by atoms with E-state index < -0.39 is 45.9 Å². The summed E-state index contributed by atoms with van der Waals surface area (Å²) in [6, 6.07) is 0. The molecule has 6 aliphatic heterocycles. The molecule has 15 heteroatoms. The SMILES string of the molecule is C=C(C)C(=O)OCCO.C=C(C)C(=O)OCCOC(=O)CC12CC3CCC1(COC2=O)O3.O=C(O)CC12CC3CCC1(COC2=O)O3. The largest absolute Gasteiger partial charge is 0.481 e. The van der Waals surface area contributed by atoms with Crippen LogP contribution in [0.15, 0.2) is 24.3 Å². The van der Waals surface area contributed by atoms with Crippen LogP contribution in [0.5, 0.6) is 0 Å². The van der Waals surface area contributed by atoms with Crippen molar-refractivity contribution < 1.29 is 72.1 Å². The van der Waals surface area contributed by atoms with Gasteiger partial charge in [0.2, 0.25) is 0 Å². The first-order chi connectivity index (χ1) is 22.1. The molecule has 6 heterocycles. The standard InChI is InChI=1S/C16H20O7.C10H12O5.C6H10O3/c1-10(2)13(18)21-6-5-20-12(17)8-15-7-11-3-4-16(15,23-11)9-22-14(15)19;11-7(12)4-9-3-6-1-2-10(9,15-6)5-14-8(9)13;1-5(2)6(8)9-4-3-7/h11H,1,3-9H2,2H3;6H,1-5H2,(H,11,12);7H,1,3-4H2,2H3. The Bertz CT molecular complexity index is 1320. The van der Waals surface area contributed by atoms with Crippen LogP contribution in [-0.2, 0) is 61.9 Å². The molecular formula is C32H42O15. The molecule has 6 fully saturated rings. The lowest BCUT2D eigenvalue weighted by Gasteiger charge is -2.33. The molecule has 15 nitrogen and oxygen atoms in total. The molecule has 0 aromatic rings. The summed E-state index contributed by atoms with van der Waals surface area (Å²) in [4.78, 5) is 68.5. The Morgan fingerprint density at radius 2 is 1.21 bits per heavy atom. The van der Waals surface area contributed by atoms with Crippen LogP contribution in [-0.4, -0.2) is 109 Å². The first-order valence-corrected chi connectivity index (χ1v) is 15.5. The van der Waals surface area contributed by atoms with E-state index in [1.165, 1.54) is 6.92 Å². The van der Waals surface area contributed by atoms with Crippen molar-refractivity contribution in [3.63, 3.8) is 0 Å². The zero-order chi connectivity index (χ0) is 34.6. The van der Waals surface area contributed by atoms with Crippen molar-refractivity contribution in [3.8, 4) is 0 Å². The fourth-order valence-electron chi connectivity index (χ4n) is 7.31. The normalized spacial score (nSPS) is 33.2. The monoisotopic (exact) mass is 666 g/mol. The van der Waals surface area contributed by atoms with Crippen molar-refractivity contribution in [2.24, 2.45) is 10.8 Å². The zero-order valence-electron chi connectivity index (χ0n) is 26.7. The van der Waals surface area contributed by atoms with Crippen LogP contribution in [0.3, 0.4) is 0 Å². The minimum absolute atomic E-state index is 0.0205. The number of carboxylic acid groups (broad SMARTS) is 1. The van der Waals surface area contributed by atoms with E-state index in [2.05, 4.69) is 17.9 Å². The van der Waals surface area contributed by atoms with Gasteiger partial charge in [0.15, 0.2) is 0 Å². The first kappa shape index (κ1) is 36.0. The van der Waals surface area contributed by atoms with Crippen LogP contribution >= 0.6 is 0 Å². The average Bonchev–Trinajstić information content (AvgIpc) is 3.84. The van der Waals surface area contributed by atoms with Crippen molar-refractivity contribution in [2.75, 3.05) is 39.6 Å². The van der Waals surface area contributed by atoms with Gasteiger partial charge in [-0.25, -0.2) is 9.59 Å². The van der Waals surface area contributed by atoms with E-state index in [9.17, 15) is 28.8 Å². The third kappa shape index (κ3) is 6.92. The molecule has 6 saturated heterocycles. The smallest absolute Gasteiger partial charge is 0.333 e. The fraction of sp³-hybridized carbons (Fsp3) is 0.688. The number of carbonyl (C=O) groups excluding carboxylic acids is 5. The Hall–Kier alpha value is -3.82. The van der Waals surface area contributed by atoms with Crippen molar-refractivity contribution in [1.82, 2.24) is 0 Å². The highest BCUT2D eigenvalue weighted by molar-refractivity contribution is 5.89. The lowest BCUT2D eigenvalue weighted by molar-refractivity contribution is -0.159. The third-order valence-corrected chi connectivity index (χ3v) is 9.58. The number of rotatable bonds is 11. The van der Waals surface area contributed by atoms with Crippen molar-refractivity contribution in [1.29, 1.82) is 0 Å². The topological polar surface area (TPSA) is 207 Å². The third-order valence-electron chi connectivity index (χ3n) is 9.58. The molecule has 0 saturated carbocycles. The maximum absolute atomic E-state index is 12.2. The molecular weight excluding hydrogens is 624 g/mol. The van der Waals surface area contributed by atoms with Crippen LogP contribution in [0.1, 0.15) is 65.2 Å². The second-order valence-electron chi connectivity index (χ2n) is 12.8. The van der Waals surface area contributed by atoms with E-state index in [1.54, 1.807) is 6.92 Å². The molecule has 47 heavy (non-hydrogen) atoms. The van der Waals surface area contributed by atoms with E-state index in [-0.39, 0.29) is 82.2 Å². The number of cyclic esters (lactones) is 2. The maximum Gasteiger partial charge on any atom is 0.333 e. The Morgan fingerprint density at radius 1 is 0.766 bits per heavy atom. The number of carboxylic acids is 1. The van der Waals surface area contributed by atoms with Gasteiger partial charge in [-0.15, -0.1) is 0 Å². The number of aliphatic hydroxyl groups excluding tert-OH is 1. The van der Waals surface area contributed by atoms with Gasteiger partial charge < -0.3 is 43.4 Å². The van der Waals surface area contributed by atoms with Crippen LogP contribution in [0.2, 0.25) is 0 Å². The van der Waals surface area contributed by atoms with E-state index >= 15 is 0 Å². The molecule has 6 unspecified atom stereocenters. The number of hydrogen-bond acceptors (Lipinski definition) is 14. The minimum atomic E-state index is -0.954. The van der Waals surface area contributed by atoms with Gasteiger partial charge in [0.1, 0.15) is 55.1 Å². The predicted molar refractivity (Wildman–Crippen MR) is 156 cm³/mol. The highest BCUT2D eigenvalue weighted by atomic mass is 16.6. The molecule has 0 amide bonds. The molecule has 6 atom stereocenters. The summed E-state index contributed by atoms with van der Waals surface area (Å²) < 4.78 is 36.2. The Balaban J connectivity index is 0.000000178. The number of ether oxygens (including phenoxy) is 7. The fourth-order valence-corrected chi connectivity index (χ4v) is 7.31. The van der Waals surface area contributed by atoms with Gasteiger partial charge in [0.25, 0.3) is 0 Å². The second kappa shape index (κ2) is 14.1. The van der Waals surface area contributed by atoms with Gasteiger partial charge in [0.05, 0.1) is 31.7 Å². The summed E-state index contributed by atoms with van der Waals surface area (Å²) in [7, 11) is 0. The summed E-state index contributed by atoms with van der Waals surface area (Å²) >= 11 is 0. The molecule has 2 spiro atoms. The molecule has 2 N–H and O–H groups in total. The number of esters is 5. The van der Waals surface area contributed by atoms with Gasteiger partial charge in [-0.05, 0) is 52.4 Å². The van der Waals surface area contributed by atoms with E-state index in [4.69, 9.17) is 38.6 Å². The summed E-state index contributed by atoms with van der Waals surface area (Å²) in [6.07, 6.45) is 4.15. The first-order valence-electron chi connectivity index (χ1n) is 15.5. The molecule has 6 aliphatic rings. The van der Waals surface area contributed by atoms with E-state index in [1.807, 2.05) is 0 Å². The molecule has 0 aliphatic carbocycles. The van der Waals surface area contributed by atoms with Crippen molar-refractivity contribution in [3.05, 3.63) is 24.3 Å². The molecule has 260 valence electrons. The summed E-state index contributed by atoms with van der Waals surface area (Å²) in [5, 5.41) is 17.1. The van der Waals surface area contributed by atoms with Crippen molar-refractivity contribution >= 4 is 35.8 Å². The number of aliphatic carboxylic acids is 1. The summed E-state index contributed by atoms with van der Waals surface area (Å²) in [5.41, 5.74) is -2.48. The van der Waals surface area contributed by atoms with E-state index in [0.717, 1.165) is 25.7 Å². The van der Waals surface area contributed by atoms with Crippen LogP contribution in [0.25, 0.3) is 0 Å². The van der Waals surface area contributed by atoms with E-state index in [0.29, 0.717) is 18.4 Å². The minimum Gasteiger partial charge on any atom is -0.481 e. The maximum atomic E-state index is 12.2. The quantitative estimate of drug-likeness (QED) is 0.138. The Morgan fingerprint density at radius 3 is 1.64 bits per heavy atom. The van der Waals surface area contributed by atoms with Gasteiger partial charge in [0, 0.05) is 11.1 Å². The molecule has 0 aromatic heterocycles. The number of hydrogen-bond donors (Lipinski definition) is 2. The number of aliphatic hydroxyl groups is 1. The molecule has 0 radical (unpaired) electrons. The summed E-state index contributed by atoms with van der Waals surface area (Å²) in [6.45, 7) is 10.2. The van der Waals surface area contributed by atoms with Gasteiger partial charge in [-0.3, -0.25) is 19.2 Å². The molecule has 6 rings (SSSR count). The van der Waals surface area contributed by atoms with Gasteiger partial charge in [-0.1, -0.05) is 13.2 Å². The van der Waals surface area contributed by atoms with Crippen LogP contribution < -0.4 is 0 Å². The van der Waals surface area contributed by atoms with Gasteiger partial charge in [-0.2, -0.15) is 0 Å². The zero-order valence-corrected chi connectivity index (χ0v) is 26.7. The number of fused-ring (bicyclic) bond motifs is 2. The van der Waals surface area contributed by atoms with Crippen molar-refractivity contribution in [2.45, 2.75) is 88.6 Å². The highest BCUT2D eigenvalue weighted by Crippen LogP contribution is 2.62. The van der Waals surface area contributed by atoms with Gasteiger partial charge >= 0.3 is 35.8 Å². The highest BCUT2D eigenvalue weighted by Gasteiger charge is 2.73. The second-order valence-corrected chi connectivity index (χ2v) is 12.8. The predicted octanol–water partition coefficient (Wildman–Crippen LogP) is 1.33. The number of carbonyl (C=O) groups is 6. The molecule has 4 bridgehead atoms. The van der Waals surface area contributed by atoms with Crippen LogP contribution in [0.4, 0.5) is 0 Å². The average molecular weight is 667 g/mol. The lowest BCUT2D eigenvalue weighted by atomic mass is 9.65. The Kier molecular flexibility index (Phi) is 10.8. The summed E-state index contributed by atoms with van der Waals surface area (Å²) in [5.74, 6) is -3.20. The lowest BCUT2D eigenvalue weighted by Crippen LogP contribution is -2.47. The Labute approximate surface area is 271 Å².